The first-order valence-corrected chi connectivity index (χ1v) is 18.8. The number of benzene rings is 7. The van der Waals surface area contributed by atoms with Crippen LogP contribution in [0.4, 0.5) is 0 Å². The van der Waals surface area contributed by atoms with Gasteiger partial charge < -0.3 is 9.13 Å². The topological polar surface area (TPSA) is 9.86 Å². The number of hydrogen-bond donors (Lipinski definition) is 0. The Balaban J connectivity index is 1.00. The van der Waals surface area contributed by atoms with Gasteiger partial charge in [-0.1, -0.05) is 135 Å². The molecular formula is C51H38N2. The molecule has 2 aliphatic rings. The third kappa shape index (κ3) is 4.39. The van der Waals surface area contributed by atoms with Crippen LogP contribution < -0.4 is 0 Å². The molecule has 252 valence electrons. The summed E-state index contributed by atoms with van der Waals surface area (Å²) in [5.74, 6) is 0.826. The van der Waals surface area contributed by atoms with E-state index in [0.29, 0.717) is 11.8 Å². The molecule has 2 unspecified atom stereocenters. The van der Waals surface area contributed by atoms with Crippen molar-refractivity contribution in [2.24, 2.45) is 5.92 Å². The zero-order valence-electron chi connectivity index (χ0n) is 29.9. The van der Waals surface area contributed by atoms with E-state index in [-0.39, 0.29) is 5.41 Å². The van der Waals surface area contributed by atoms with Crippen molar-refractivity contribution < 1.29 is 0 Å². The van der Waals surface area contributed by atoms with Gasteiger partial charge in [-0.3, -0.25) is 0 Å². The Morgan fingerprint density at radius 2 is 0.962 bits per heavy atom. The van der Waals surface area contributed by atoms with Crippen LogP contribution in [-0.4, -0.2) is 9.13 Å². The van der Waals surface area contributed by atoms with Crippen molar-refractivity contribution in [3.05, 3.63) is 199 Å². The highest BCUT2D eigenvalue weighted by molar-refractivity contribution is 6.12. The second kappa shape index (κ2) is 11.3. The Labute approximate surface area is 309 Å². The van der Waals surface area contributed by atoms with Crippen molar-refractivity contribution in [3.63, 3.8) is 0 Å². The van der Waals surface area contributed by atoms with Gasteiger partial charge >= 0.3 is 0 Å². The summed E-state index contributed by atoms with van der Waals surface area (Å²) in [6.45, 7) is 4.84. The first kappa shape index (κ1) is 30.3. The summed E-state index contributed by atoms with van der Waals surface area (Å²) in [5, 5.41) is 5.07. The molecule has 2 nitrogen and oxygen atoms in total. The minimum Gasteiger partial charge on any atom is -0.309 e. The van der Waals surface area contributed by atoms with Gasteiger partial charge in [0.05, 0.1) is 22.1 Å². The monoisotopic (exact) mass is 678 g/mol. The van der Waals surface area contributed by atoms with Crippen LogP contribution in [0.2, 0.25) is 0 Å². The minimum absolute atomic E-state index is 0.0601. The van der Waals surface area contributed by atoms with Crippen molar-refractivity contribution in [2.75, 3.05) is 0 Å². The number of nitrogens with zero attached hydrogens (tertiary/aromatic N) is 2. The average molecular weight is 679 g/mol. The molecule has 7 aromatic carbocycles. The molecule has 2 aromatic heterocycles. The third-order valence-corrected chi connectivity index (χ3v) is 12.2. The Bertz CT molecular complexity index is 2970. The van der Waals surface area contributed by atoms with Gasteiger partial charge in [0.2, 0.25) is 0 Å². The lowest BCUT2D eigenvalue weighted by Crippen LogP contribution is -2.27. The second-order valence-electron chi connectivity index (χ2n) is 15.4. The van der Waals surface area contributed by atoms with Gasteiger partial charge in [0.15, 0.2) is 0 Å². The Morgan fingerprint density at radius 3 is 1.60 bits per heavy atom. The van der Waals surface area contributed by atoms with Crippen molar-refractivity contribution in [2.45, 2.75) is 25.2 Å². The molecule has 0 spiro atoms. The molecule has 0 N–H and O–H groups in total. The molecule has 0 amide bonds. The molecule has 2 aliphatic carbocycles. The maximum Gasteiger partial charge on any atom is 0.0541 e. The molecule has 0 aliphatic heterocycles. The lowest BCUT2D eigenvalue weighted by atomic mass is 9.68. The summed E-state index contributed by atoms with van der Waals surface area (Å²) in [4.78, 5) is 0. The van der Waals surface area contributed by atoms with Gasteiger partial charge in [-0.15, -0.1) is 0 Å². The van der Waals surface area contributed by atoms with E-state index < -0.39 is 0 Å². The molecule has 0 bridgehead atoms. The number of rotatable bonds is 4. The molecule has 0 saturated carbocycles. The standard InChI is InChI=1S/C51H38N2/c1-51(2)45-20-9-6-15-39(45)42-19-12-18-38(50(42)51)33-23-27-37(28-24-33)53-47-22-11-8-17-41(47)44-32-35(26-30-49(44)53)34-25-29-48-43(31-34)40-16-7-10-21-46(40)52(48)36-13-4-3-5-14-36/h3-32,42,50H,1-2H3. The molecule has 0 radical (unpaired) electrons. The molecule has 0 saturated heterocycles. The van der Waals surface area contributed by atoms with Gasteiger partial charge in [-0.05, 0) is 99.5 Å². The highest BCUT2D eigenvalue weighted by Crippen LogP contribution is 2.57. The van der Waals surface area contributed by atoms with Crippen LogP contribution in [0.15, 0.2) is 182 Å². The van der Waals surface area contributed by atoms with Crippen molar-refractivity contribution in [3.8, 4) is 22.5 Å². The summed E-state index contributed by atoms with van der Waals surface area (Å²) < 4.78 is 4.81. The zero-order chi connectivity index (χ0) is 35.3. The van der Waals surface area contributed by atoms with E-state index in [4.69, 9.17) is 0 Å². The number of para-hydroxylation sites is 3. The molecule has 9 aromatic rings. The van der Waals surface area contributed by atoms with Crippen LogP contribution in [0.5, 0.6) is 0 Å². The fourth-order valence-electron chi connectivity index (χ4n) is 9.87. The lowest BCUT2D eigenvalue weighted by Gasteiger charge is -2.34. The van der Waals surface area contributed by atoms with E-state index in [1.54, 1.807) is 0 Å². The highest BCUT2D eigenvalue weighted by Gasteiger charge is 2.47. The predicted molar refractivity (Wildman–Crippen MR) is 223 cm³/mol. The van der Waals surface area contributed by atoms with E-state index in [1.807, 2.05) is 0 Å². The molecular weight excluding hydrogens is 641 g/mol. The number of aromatic nitrogens is 2. The lowest BCUT2D eigenvalue weighted by molar-refractivity contribution is 0.407. The van der Waals surface area contributed by atoms with Crippen LogP contribution >= 0.6 is 0 Å². The van der Waals surface area contributed by atoms with E-state index in [0.717, 1.165) is 0 Å². The van der Waals surface area contributed by atoms with Crippen molar-refractivity contribution in [1.29, 1.82) is 0 Å². The van der Waals surface area contributed by atoms with E-state index in [9.17, 15) is 0 Å². The Morgan fingerprint density at radius 1 is 0.453 bits per heavy atom. The minimum atomic E-state index is 0.0601. The fourth-order valence-corrected chi connectivity index (χ4v) is 9.87. The first-order valence-electron chi connectivity index (χ1n) is 18.8. The SMILES string of the molecule is CC1(C)c2ccccc2C2C=CC=C(c3ccc(-n4c5ccccc5c5cc(-c6ccc7c(c6)c6ccccc6n7-c6ccccc6)ccc54)cc3)C21. The zero-order valence-corrected chi connectivity index (χ0v) is 29.9. The maximum absolute atomic E-state index is 2.43. The molecule has 2 heteroatoms. The Hall–Kier alpha value is -6.38. The molecule has 11 rings (SSSR count). The first-order chi connectivity index (χ1) is 26.1. The molecule has 53 heavy (non-hydrogen) atoms. The van der Waals surface area contributed by atoms with Crippen LogP contribution in [-0.2, 0) is 5.41 Å². The highest BCUT2D eigenvalue weighted by atomic mass is 15.0. The number of fused-ring (bicyclic) bond motifs is 9. The van der Waals surface area contributed by atoms with Crippen LogP contribution in [0.25, 0.3) is 71.7 Å². The van der Waals surface area contributed by atoms with Crippen molar-refractivity contribution in [1.82, 2.24) is 9.13 Å². The van der Waals surface area contributed by atoms with E-state index >= 15 is 0 Å². The average Bonchev–Trinajstić information content (AvgIpc) is 3.81. The summed E-state index contributed by atoms with van der Waals surface area (Å²) in [6.07, 6.45) is 7.03. The smallest absolute Gasteiger partial charge is 0.0541 e. The number of allylic oxidation sites excluding steroid dienone is 4. The van der Waals surface area contributed by atoms with Crippen LogP contribution in [0, 0.1) is 5.92 Å². The van der Waals surface area contributed by atoms with Crippen LogP contribution in [0.1, 0.15) is 36.5 Å². The van der Waals surface area contributed by atoms with Gasteiger partial charge in [-0.25, -0.2) is 0 Å². The summed E-state index contributed by atoms with van der Waals surface area (Å²) in [5.41, 5.74) is 15.4. The summed E-state index contributed by atoms with van der Waals surface area (Å²) in [6, 6.07) is 60.6. The van der Waals surface area contributed by atoms with E-state index in [2.05, 4.69) is 205 Å². The van der Waals surface area contributed by atoms with Gasteiger partial charge in [0, 0.05) is 44.8 Å². The maximum atomic E-state index is 2.43. The van der Waals surface area contributed by atoms with Gasteiger partial charge in [-0.2, -0.15) is 0 Å². The molecule has 0 fully saturated rings. The Kier molecular flexibility index (Phi) is 6.46. The third-order valence-electron chi connectivity index (χ3n) is 12.2. The normalized spacial score (nSPS) is 17.4. The molecule has 2 atom stereocenters. The van der Waals surface area contributed by atoms with E-state index in [1.165, 1.54) is 88.4 Å². The quantitative estimate of drug-likeness (QED) is 0.175. The largest absolute Gasteiger partial charge is 0.309 e. The van der Waals surface area contributed by atoms with Gasteiger partial charge in [0.1, 0.15) is 0 Å². The fraction of sp³-hybridized carbons (Fsp3) is 0.0980. The summed E-state index contributed by atoms with van der Waals surface area (Å²) >= 11 is 0. The second-order valence-corrected chi connectivity index (χ2v) is 15.4. The molecule has 2 heterocycles. The van der Waals surface area contributed by atoms with Gasteiger partial charge in [0.25, 0.3) is 0 Å². The van der Waals surface area contributed by atoms with Crippen LogP contribution in [0.3, 0.4) is 0 Å². The summed E-state index contributed by atoms with van der Waals surface area (Å²) in [7, 11) is 0. The predicted octanol–water partition coefficient (Wildman–Crippen LogP) is 13.2. The van der Waals surface area contributed by atoms with Crippen molar-refractivity contribution >= 4 is 49.2 Å². The number of hydrogen-bond acceptors (Lipinski definition) is 0.